The number of ether oxygens (including phenoxy) is 1. The zero-order valence-corrected chi connectivity index (χ0v) is 12.5. The third kappa shape index (κ3) is 4.17. The van der Waals surface area contributed by atoms with Crippen molar-refractivity contribution in [1.29, 1.82) is 0 Å². The van der Waals surface area contributed by atoms with Crippen LogP contribution in [-0.2, 0) is 11.3 Å². The third-order valence-corrected chi connectivity index (χ3v) is 3.64. The van der Waals surface area contributed by atoms with Crippen LogP contribution in [0, 0.1) is 5.92 Å². The number of aliphatic imine (C=N–C) groups is 1. The van der Waals surface area contributed by atoms with E-state index in [2.05, 4.69) is 31.9 Å². The summed E-state index contributed by atoms with van der Waals surface area (Å²) in [5, 5.41) is 7.58. The largest absolute Gasteiger partial charge is 0.464 e. The average Bonchev–Trinajstić information content (AvgIpc) is 2.96. The highest BCUT2D eigenvalue weighted by Crippen LogP contribution is 2.15. The number of methoxy groups -OCH3 is 1. The van der Waals surface area contributed by atoms with E-state index in [1.807, 2.05) is 0 Å². The number of nitrogens with zero attached hydrogens (tertiary/aromatic N) is 5. The lowest BCUT2D eigenvalue weighted by molar-refractivity contribution is 0.0594. The predicted molar refractivity (Wildman–Crippen MR) is 77.8 cm³/mol. The SMILES string of the molecule is COC(=O)c1cn(CCN=C(N)N2CCC(C)CC2)nn1. The number of hydrogen-bond donors (Lipinski definition) is 1. The number of esters is 1. The molecule has 0 spiro atoms. The Hall–Kier alpha value is -2.12. The van der Waals surface area contributed by atoms with Crippen LogP contribution in [0.2, 0.25) is 0 Å². The summed E-state index contributed by atoms with van der Waals surface area (Å²) < 4.78 is 6.13. The summed E-state index contributed by atoms with van der Waals surface area (Å²) >= 11 is 0. The number of aromatic nitrogens is 3. The van der Waals surface area contributed by atoms with Gasteiger partial charge in [0.2, 0.25) is 0 Å². The fourth-order valence-corrected chi connectivity index (χ4v) is 2.21. The van der Waals surface area contributed by atoms with E-state index in [0.29, 0.717) is 19.0 Å². The molecule has 2 heterocycles. The van der Waals surface area contributed by atoms with E-state index in [9.17, 15) is 4.79 Å². The number of guanidine groups is 1. The summed E-state index contributed by atoms with van der Waals surface area (Å²) in [6, 6.07) is 0. The van der Waals surface area contributed by atoms with Crippen LogP contribution < -0.4 is 5.73 Å². The Morgan fingerprint density at radius 1 is 1.52 bits per heavy atom. The maximum atomic E-state index is 11.2. The molecule has 0 aliphatic carbocycles. The molecule has 1 aromatic rings. The molecule has 0 atom stereocenters. The molecule has 0 unspecified atom stereocenters. The van der Waals surface area contributed by atoms with Crippen molar-refractivity contribution in [2.24, 2.45) is 16.6 Å². The van der Waals surface area contributed by atoms with Gasteiger partial charge in [0.05, 0.1) is 26.4 Å². The molecule has 8 nitrogen and oxygen atoms in total. The van der Waals surface area contributed by atoms with Crippen molar-refractivity contribution < 1.29 is 9.53 Å². The normalized spacial score (nSPS) is 17.0. The van der Waals surface area contributed by atoms with Crippen molar-refractivity contribution >= 4 is 11.9 Å². The van der Waals surface area contributed by atoms with Crippen LogP contribution in [-0.4, -0.2) is 58.6 Å². The molecule has 8 heteroatoms. The number of rotatable bonds is 4. The summed E-state index contributed by atoms with van der Waals surface area (Å²) in [6.45, 7) is 5.21. The first-order valence-electron chi connectivity index (χ1n) is 7.13. The second-order valence-corrected chi connectivity index (χ2v) is 5.27. The second-order valence-electron chi connectivity index (χ2n) is 5.27. The number of hydrogen-bond acceptors (Lipinski definition) is 5. The van der Waals surface area contributed by atoms with Crippen LogP contribution in [0.25, 0.3) is 0 Å². The number of likely N-dealkylation sites (tertiary alicyclic amines) is 1. The molecule has 1 fully saturated rings. The van der Waals surface area contributed by atoms with Gasteiger partial charge >= 0.3 is 5.97 Å². The summed E-state index contributed by atoms with van der Waals surface area (Å²) in [4.78, 5) is 17.7. The van der Waals surface area contributed by atoms with Gasteiger partial charge in [0.25, 0.3) is 0 Å². The Bertz CT molecular complexity index is 505. The first-order chi connectivity index (χ1) is 10.1. The van der Waals surface area contributed by atoms with Gasteiger partial charge in [-0.15, -0.1) is 5.10 Å². The minimum absolute atomic E-state index is 0.194. The van der Waals surface area contributed by atoms with Crippen molar-refractivity contribution in [3.05, 3.63) is 11.9 Å². The van der Waals surface area contributed by atoms with Gasteiger partial charge in [0.1, 0.15) is 0 Å². The number of piperidine rings is 1. The quantitative estimate of drug-likeness (QED) is 0.481. The van der Waals surface area contributed by atoms with Gasteiger partial charge in [0, 0.05) is 13.1 Å². The summed E-state index contributed by atoms with van der Waals surface area (Å²) in [5.41, 5.74) is 6.18. The van der Waals surface area contributed by atoms with Gasteiger partial charge in [0.15, 0.2) is 11.7 Å². The Morgan fingerprint density at radius 2 is 2.24 bits per heavy atom. The zero-order chi connectivity index (χ0) is 15.2. The molecule has 1 aliphatic rings. The molecule has 2 N–H and O–H groups in total. The van der Waals surface area contributed by atoms with Crippen molar-refractivity contribution in [1.82, 2.24) is 19.9 Å². The summed E-state index contributed by atoms with van der Waals surface area (Å²) in [7, 11) is 1.31. The Balaban J connectivity index is 1.81. The molecule has 21 heavy (non-hydrogen) atoms. The van der Waals surface area contributed by atoms with Gasteiger partial charge < -0.3 is 15.4 Å². The van der Waals surface area contributed by atoms with Crippen LogP contribution in [0.15, 0.2) is 11.2 Å². The van der Waals surface area contributed by atoms with E-state index in [-0.39, 0.29) is 5.69 Å². The maximum Gasteiger partial charge on any atom is 0.360 e. The zero-order valence-electron chi connectivity index (χ0n) is 12.5. The van der Waals surface area contributed by atoms with E-state index >= 15 is 0 Å². The minimum atomic E-state index is -0.494. The van der Waals surface area contributed by atoms with E-state index in [4.69, 9.17) is 5.73 Å². The lowest BCUT2D eigenvalue weighted by Crippen LogP contribution is -2.42. The summed E-state index contributed by atoms with van der Waals surface area (Å²) in [6.07, 6.45) is 3.85. The fourth-order valence-electron chi connectivity index (χ4n) is 2.21. The minimum Gasteiger partial charge on any atom is -0.464 e. The molecular weight excluding hydrogens is 272 g/mol. The second kappa shape index (κ2) is 7.05. The van der Waals surface area contributed by atoms with Gasteiger partial charge in [-0.05, 0) is 18.8 Å². The lowest BCUT2D eigenvalue weighted by Gasteiger charge is -2.31. The Morgan fingerprint density at radius 3 is 2.90 bits per heavy atom. The van der Waals surface area contributed by atoms with Crippen LogP contribution in [0.3, 0.4) is 0 Å². The number of nitrogens with two attached hydrogens (primary N) is 1. The fraction of sp³-hybridized carbons (Fsp3) is 0.692. The first-order valence-corrected chi connectivity index (χ1v) is 7.13. The number of carbonyl (C=O) groups is 1. The first kappa shape index (κ1) is 15.3. The van der Waals surface area contributed by atoms with Crippen molar-refractivity contribution in [2.75, 3.05) is 26.7 Å². The van der Waals surface area contributed by atoms with Crippen LogP contribution in [0.1, 0.15) is 30.3 Å². The molecule has 1 aliphatic heterocycles. The molecular formula is C13H22N6O2. The molecule has 2 rings (SSSR count). The van der Waals surface area contributed by atoms with E-state index in [1.54, 1.807) is 10.9 Å². The van der Waals surface area contributed by atoms with Crippen LogP contribution in [0.4, 0.5) is 0 Å². The Labute approximate surface area is 124 Å². The van der Waals surface area contributed by atoms with Gasteiger partial charge in [-0.25, -0.2) is 9.48 Å². The molecule has 0 amide bonds. The van der Waals surface area contributed by atoms with Crippen molar-refractivity contribution in [3.8, 4) is 0 Å². The number of carbonyl (C=O) groups excluding carboxylic acids is 1. The molecule has 0 bridgehead atoms. The lowest BCUT2D eigenvalue weighted by atomic mass is 10.00. The van der Waals surface area contributed by atoms with E-state index in [0.717, 1.165) is 31.8 Å². The smallest absolute Gasteiger partial charge is 0.360 e. The van der Waals surface area contributed by atoms with Crippen LogP contribution in [0.5, 0.6) is 0 Å². The highest BCUT2D eigenvalue weighted by atomic mass is 16.5. The molecule has 1 aromatic heterocycles. The molecule has 1 saturated heterocycles. The highest BCUT2D eigenvalue weighted by molar-refractivity contribution is 5.86. The summed E-state index contributed by atoms with van der Waals surface area (Å²) in [5.74, 6) is 0.850. The molecule has 0 radical (unpaired) electrons. The molecule has 0 aromatic carbocycles. The van der Waals surface area contributed by atoms with Gasteiger partial charge in [-0.1, -0.05) is 12.1 Å². The van der Waals surface area contributed by atoms with Gasteiger partial charge in [-0.2, -0.15) is 0 Å². The van der Waals surface area contributed by atoms with Crippen molar-refractivity contribution in [3.63, 3.8) is 0 Å². The Kier molecular flexibility index (Phi) is 5.13. The molecule has 116 valence electrons. The maximum absolute atomic E-state index is 11.2. The predicted octanol–water partition coefficient (Wildman–Crippen LogP) is 0.111. The van der Waals surface area contributed by atoms with Gasteiger partial charge in [-0.3, -0.25) is 4.99 Å². The average molecular weight is 294 g/mol. The monoisotopic (exact) mass is 294 g/mol. The highest BCUT2D eigenvalue weighted by Gasteiger charge is 2.16. The standard InChI is InChI=1S/C13H22N6O2/c1-10-3-6-18(7-4-10)13(14)15-5-8-19-9-11(16-17-19)12(20)21-2/h9-10H,3-8H2,1-2H3,(H2,14,15). The third-order valence-electron chi connectivity index (χ3n) is 3.64. The van der Waals surface area contributed by atoms with Crippen molar-refractivity contribution in [2.45, 2.75) is 26.3 Å². The topological polar surface area (TPSA) is 98.6 Å². The van der Waals surface area contributed by atoms with Crippen LogP contribution >= 0.6 is 0 Å². The molecule has 0 saturated carbocycles. The van der Waals surface area contributed by atoms with E-state index in [1.165, 1.54) is 7.11 Å². The van der Waals surface area contributed by atoms with E-state index < -0.39 is 5.97 Å².